The monoisotopic (exact) mass is 201 g/mol. The normalized spacial score (nSPS) is 29.6. The summed E-state index contributed by atoms with van der Waals surface area (Å²) in [6.45, 7) is 7.92. The van der Waals surface area contributed by atoms with Crippen molar-refractivity contribution < 1.29 is 9.84 Å². The van der Waals surface area contributed by atoms with Crippen LogP contribution >= 0.6 is 0 Å². The maximum Gasteiger partial charge on any atom is 0.0739 e. The fourth-order valence-corrected chi connectivity index (χ4v) is 1.78. The van der Waals surface area contributed by atoms with Crippen LogP contribution in [0, 0.1) is 0 Å². The molecule has 3 nitrogen and oxygen atoms in total. The number of ether oxygens (including phenoxy) is 1. The highest BCUT2D eigenvalue weighted by molar-refractivity contribution is 4.88. The fourth-order valence-electron chi connectivity index (χ4n) is 1.78. The van der Waals surface area contributed by atoms with E-state index < -0.39 is 0 Å². The number of nitrogens with zero attached hydrogens (tertiary/aromatic N) is 1. The Morgan fingerprint density at radius 2 is 2.14 bits per heavy atom. The maximum absolute atomic E-state index is 9.88. The zero-order chi connectivity index (χ0) is 10.8. The largest absolute Gasteiger partial charge is 0.391 e. The molecular formula is C11H23NO2. The smallest absolute Gasteiger partial charge is 0.0739 e. The molecule has 1 rings (SSSR count). The van der Waals surface area contributed by atoms with Crippen molar-refractivity contribution in [2.45, 2.75) is 51.3 Å². The second-order valence-corrected chi connectivity index (χ2v) is 4.78. The van der Waals surface area contributed by atoms with Gasteiger partial charge in [0.05, 0.1) is 18.8 Å². The van der Waals surface area contributed by atoms with E-state index in [0.717, 1.165) is 12.8 Å². The highest BCUT2D eigenvalue weighted by Crippen LogP contribution is 2.23. The molecule has 1 fully saturated rings. The summed E-state index contributed by atoms with van der Waals surface area (Å²) in [6.07, 6.45) is 1.60. The van der Waals surface area contributed by atoms with Crippen LogP contribution in [-0.4, -0.2) is 48.0 Å². The highest BCUT2D eigenvalue weighted by atomic mass is 16.5. The lowest BCUT2D eigenvalue weighted by atomic mass is 9.94. The van der Waals surface area contributed by atoms with Crippen molar-refractivity contribution in [3.05, 3.63) is 0 Å². The zero-order valence-electron chi connectivity index (χ0n) is 9.79. The third kappa shape index (κ3) is 2.47. The number of likely N-dealkylation sites (N-methyl/N-ethyl adjacent to an activating group) is 1. The Balaban J connectivity index is 2.62. The summed E-state index contributed by atoms with van der Waals surface area (Å²) >= 11 is 0. The van der Waals surface area contributed by atoms with Gasteiger partial charge in [-0.3, -0.25) is 4.90 Å². The Bertz CT molecular complexity index is 182. The van der Waals surface area contributed by atoms with Gasteiger partial charge in [0.25, 0.3) is 0 Å². The van der Waals surface area contributed by atoms with E-state index in [1.54, 1.807) is 0 Å². The first-order valence-corrected chi connectivity index (χ1v) is 5.48. The standard InChI is InChI=1S/C11H23NO2/c1-5-11(2,3)12(4)9-8-14-7-6-10(9)13/h9-10,13H,5-8H2,1-4H3. The van der Waals surface area contributed by atoms with Gasteiger partial charge in [-0.05, 0) is 33.7 Å². The van der Waals surface area contributed by atoms with Crippen molar-refractivity contribution >= 4 is 0 Å². The first-order valence-electron chi connectivity index (χ1n) is 5.48. The quantitative estimate of drug-likeness (QED) is 0.746. The summed E-state index contributed by atoms with van der Waals surface area (Å²) in [6, 6.07) is 0.152. The van der Waals surface area contributed by atoms with E-state index >= 15 is 0 Å². The van der Waals surface area contributed by atoms with Gasteiger partial charge < -0.3 is 9.84 Å². The van der Waals surface area contributed by atoms with Crippen LogP contribution in [0.15, 0.2) is 0 Å². The van der Waals surface area contributed by atoms with Crippen molar-refractivity contribution in [3.63, 3.8) is 0 Å². The van der Waals surface area contributed by atoms with Crippen LogP contribution in [-0.2, 0) is 4.74 Å². The van der Waals surface area contributed by atoms with E-state index in [9.17, 15) is 5.11 Å². The van der Waals surface area contributed by atoms with Crippen LogP contribution in [0.4, 0.5) is 0 Å². The average Bonchev–Trinajstić information content (AvgIpc) is 2.17. The first kappa shape index (κ1) is 12.0. The molecular weight excluding hydrogens is 178 g/mol. The Morgan fingerprint density at radius 3 is 2.64 bits per heavy atom. The van der Waals surface area contributed by atoms with Crippen LogP contribution < -0.4 is 0 Å². The van der Waals surface area contributed by atoms with E-state index in [-0.39, 0.29) is 17.7 Å². The lowest BCUT2D eigenvalue weighted by molar-refractivity contribution is -0.0798. The van der Waals surface area contributed by atoms with Crippen LogP contribution in [0.25, 0.3) is 0 Å². The fraction of sp³-hybridized carbons (Fsp3) is 1.00. The Morgan fingerprint density at radius 1 is 1.50 bits per heavy atom. The third-order valence-corrected chi connectivity index (χ3v) is 3.61. The van der Waals surface area contributed by atoms with Gasteiger partial charge in [-0.25, -0.2) is 0 Å². The lowest BCUT2D eigenvalue weighted by Crippen LogP contribution is -2.55. The van der Waals surface area contributed by atoms with Gasteiger partial charge in [0.1, 0.15) is 0 Å². The minimum absolute atomic E-state index is 0.131. The van der Waals surface area contributed by atoms with Gasteiger partial charge >= 0.3 is 0 Å². The molecule has 0 radical (unpaired) electrons. The molecule has 1 aliphatic heterocycles. The lowest BCUT2D eigenvalue weighted by Gasteiger charge is -2.44. The molecule has 0 aromatic carbocycles. The van der Waals surface area contributed by atoms with Gasteiger partial charge in [0.2, 0.25) is 0 Å². The van der Waals surface area contributed by atoms with E-state index in [0.29, 0.717) is 13.2 Å². The van der Waals surface area contributed by atoms with E-state index in [2.05, 4.69) is 32.7 Å². The van der Waals surface area contributed by atoms with Crippen molar-refractivity contribution in [1.82, 2.24) is 4.90 Å². The minimum Gasteiger partial charge on any atom is -0.391 e. The molecule has 0 bridgehead atoms. The molecule has 2 unspecified atom stereocenters. The molecule has 2 atom stereocenters. The van der Waals surface area contributed by atoms with E-state index in [1.165, 1.54) is 0 Å². The SMILES string of the molecule is CCC(C)(C)N(C)C1COCCC1O. The molecule has 0 amide bonds. The van der Waals surface area contributed by atoms with Crippen molar-refractivity contribution in [1.29, 1.82) is 0 Å². The molecule has 0 aliphatic carbocycles. The second-order valence-electron chi connectivity index (χ2n) is 4.78. The minimum atomic E-state index is -0.237. The van der Waals surface area contributed by atoms with Crippen molar-refractivity contribution in [3.8, 4) is 0 Å². The van der Waals surface area contributed by atoms with Crippen molar-refractivity contribution in [2.24, 2.45) is 0 Å². The zero-order valence-corrected chi connectivity index (χ0v) is 9.79. The van der Waals surface area contributed by atoms with Crippen LogP contribution in [0.5, 0.6) is 0 Å². The molecule has 3 heteroatoms. The van der Waals surface area contributed by atoms with Gasteiger partial charge in [-0.1, -0.05) is 6.92 Å². The summed E-state index contributed by atoms with van der Waals surface area (Å²) < 4.78 is 5.41. The van der Waals surface area contributed by atoms with E-state index in [4.69, 9.17) is 4.74 Å². The number of aliphatic hydroxyl groups excluding tert-OH is 1. The van der Waals surface area contributed by atoms with Gasteiger partial charge in [-0.15, -0.1) is 0 Å². The summed E-state index contributed by atoms with van der Waals surface area (Å²) in [5, 5.41) is 9.88. The Labute approximate surface area is 87.1 Å². The number of hydrogen-bond acceptors (Lipinski definition) is 3. The summed E-state index contributed by atoms with van der Waals surface area (Å²) in [4.78, 5) is 2.25. The summed E-state index contributed by atoms with van der Waals surface area (Å²) in [7, 11) is 2.08. The molecule has 0 spiro atoms. The average molecular weight is 201 g/mol. The molecule has 1 aliphatic rings. The molecule has 0 saturated carbocycles. The number of hydrogen-bond donors (Lipinski definition) is 1. The summed E-state index contributed by atoms with van der Waals surface area (Å²) in [5.41, 5.74) is 0.131. The van der Waals surface area contributed by atoms with Gasteiger partial charge in [-0.2, -0.15) is 0 Å². The maximum atomic E-state index is 9.88. The molecule has 1 heterocycles. The molecule has 1 saturated heterocycles. The molecule has 84 valence electrons. The topological polar surface area (TPSA) is 32.7 Å². The van der Waals surface area contributed by atoms with E-state index in [1.807, 2.05) is 0 Å². The molecule has 0 aromatic heterocycles. The number of aliphatic hydroxyl groups is 1. The van der Waals surface area contributed by atoms with Crippen LogP contribution in [0.1, 0.15) is 33.6 Å². The first-order chi connectivity index (χ1) is 6.49. The molecule has 0 aromatic rings. The van der Waals surface area contributed by atoms with Crippen LogP contribution in [0.3, 0.4) is 0 Å². The van der Waals surface area contributed by atoms with Gasteiger partial charge in [0, 0.05) is 12.1 Å². The van der Waals surface area contributed by atoms with Gasteiger partial charge in [0.15, 0.2) is 0 Å². The highest BCUT2D eigenvalue weighted by Gasteiger charge is 2.34. The van der Waals surface area contributed by atoms with Crippen LogP contribution in [0.2, 0.25) is 0 Å². The predicted octanol–water partition coefficient (Wildman–Crippen LogP) is 1.26. The number of rotatable bonds is 3. The van der Waals surface area contributed by atoms with Crippen molar-refractivity contribution in [2.75, 3.05) is 20.3 Å². The third-order valence-electron chi connectivity index (χ3n) is 3.61. The molecule has 14 heavy (non-hydrogen) atoms. The predicted molar refractivity (Wildman–Crippen MR) is 57.4 cm³/mol. The molecule has 1 N–H and O–H groups in total. The summed E-state index contributed by atoms with van der Waals surface area (Å²) in [5.74, 6) is 0. The Hall–Kier alpha value is -0.120. The second kappa shape index (κ2) is 4.60. The Kier molecular flexibility index (Phi) is 3.93.